The summed E-state index contributed by atoms with van der Waals surface area (Å²) in [6, 6.07) is 3.28. The van der Waals surface area contributed by atoms with Crippen molar-refractivity contribution in [2.45, 2.75) is 103 Å². The Morgan fingerprint density at radius 3 is 0.727 bits per heavy atom. The standard InChI is InChI=1S/C16H44Si6/c1-19(2,3)17(20(4,5)6)15-13-14-16-18(21(7,8)9)22(10,11)12/h13-16H2,1-12H3/q-2. The maximum Gasteiger partial charge on any atom is -0.0866 e. The van der Waals surface area contributed by atoms with Crippen molar-refractivity contribution in [2.75, 3.05) is 0 Å². The molecule has 0 aliphatic rings. The molecule has 0 saturated heterocycles. The van der Waals surface area contributed by atoms with Gasteiger partial charge in [0.05, 0.1) is 0 Å². The summed E-state index contributed by atoms with van der Waals surface area (Å²) in [5.74, 6) is 0. The Bertz CT molecular complexity index is 265. The molecule has 0 spiro atoms. The van der Waals surface area contributed by atoms with Crippen LogP contribution in [0, 0.1) is 0 Å². The molecule has 0 atom stereocenters. The predicted octanol–water partition coefficient (Wildman–Crippen LogP) is 6.42. The van der Waals surface area contributed by atoms with Crippen LogP contribution in [0.5, 0.6) is 0 Å². The van der Waals surface area contributed by atoms with Crippen molar-refractivity contribution in [2.24, 2.45) is 0 Å². The summed E-state index contributed by atoms with van der Waals surface area (Å²) in [5, 5.41) is 0. The van der Waals surface area contributed by atoms with Crippen LogP contribution >= 0.6 is 0 Å². The average Bonchev–Trinajstić information content (AvgIpc) is 2.14. The van der Waals surface area contributed by atoms with Gasteiger partial charge in [-0.25, -0.2) is 0 Å². The van der Waals surface area contributed by atoms with Crippen molar-refractivity contribution in [1.29, 1.82) is 0 Å². The summed E-state index contributed by atoms with van der Waals surface area (Å²) < 4.78 is 0. The summed E-state index contributed by atoms with van der Waals surface area (Å²) in [5.41, 5.74) is 0. The van der Waals surface area contributed by atoms with Crippen molar-refractivity contribution in [3.05, 3.63) is 0 Å². The second-order valence-corrected chi connectivity index (χ2v) is 60.3. The van der Waals surface area contributed by atoms with Gasteiger partial charge in [-0.1, -0.05) is 91.4 Å². The third-order valence-corrected chi connectivity index (χ3v) is 65.4. The highest BCUT2D eigenvalue weighted by atomic mass is 29.6. The van der Waals surface area contributed by atoms with Crippen molar-refractivity contribution in [3.8, 4) is 0 Å². The Hall–Kier alpha value is 1.30. The molecular weight excluding hydrogens is 361 g/mol. The monoisotopic (exact) mass is 404 g/mol. The molecule has 0 aromatic heterocycles. The summed E-state index contributed by atoms with van der Waals surface area (Å²) in [7, 11) is -3.60. The molecule has 0 bridgehead atoms. The largest absolute Gasteiger partial charge is 0.254 e. The fourth-order valence-electron chi connectivity index (χ4n) is 4.35. The zero-order valence-corrected chi connectivity index (χ0v) is 23.8. The quantitative estimate of drug-likeness (QED) is 0.307. The van der Waals surface area contributed by atoms with Crippen LogP contribution < -0.4 is 0 Å². The van der Waals surface area contributed by atoms with Gasteiger partial charge in [-0.15, -0.1) is 30.4 Å². The van der Waals surface area contributed by atoms with Gasteiger partial charge in [0.2, 0.25) is 0 Å². The van der Waals surface area contributed by atoms with Crippen LogP contribution in [0.2, 0.25) is 90.7 Å². The number of rotatable bonds is 9. The molecule has 0 rings (SSSR count). The molecule has 0 aliphatic carbocycles. The van der Waals surface area contributed by atoms with Gasteiger partial charge in [-0.05, 0) is 0 Å². The molecule has 0 amide bonds. The first-order valence-electron chi connectivity index (χ1n) is 9.21. The smallest absolute Gasteiger partial charge is 0.0866 e. The number of unbranched alkanes of at least 4 members (excludes halogenated alkanes) is 1. The second kappa shape index (κ2) is 8.12. The van der Waals surface area contributed by atoms with Gasteiger partial charge >= 0.3 is 0 Å². The number of hydrogen-bond acceptors (Lipinski definition) is 0. The summed E-state index contributed by atoms with van der Waals surface area (Å²) in [4.78, 5) is 0. The molecule has 0 aromatic carbocycles. The van der Waals surface area contributed by atoms with Gasteiger partial charge < -0.3 is 0 Å². The molecule has 0 unspecified atom stereocenters. The third kappa shape index (κ3) is 8.41. The molecule has 134 valence electrons. The first kappa shape index (κ1) is 23.3. The van der Waals surface area contributed by atoms with Crippen LogP contribution in [0.4, 0.5) is 0 Å². The molecule has 6 heteroatoms. The molecule has 0 saturated carbocycles. The summed E-state index contributed by atoms with van der Waals surface area (Å²) >= 11 is 0. The van der Waals surface area contributed by atoms with Crippen molar-refractivity contribution < 1.29 is 0 Å². The molecule has 0 heterocycles. The summed E-state index contributed by atoms with van der Waals surface area (Å²) in [6.07, 6.45) is 3.12. The van der Waals surface area contributed by atoms with Gasteiger partial charge in [0, 0.05) is 0 Å². The lowest BCUT2D eigenvalue weighted by molar-refractivity contribution is 0.873. The van der Waals surface area contributed by atoms with E-state index in [4.69, 9.17) is 0 Å². The first-order chi connectivity index (χ1) is 9.47. The van der Waals surface area contributed by atoms with E-state index in [1.54, 1.807) is 24.9 Å². The molecular formula is C16H44Si6-2. The maximum atomic E-state index is 2.65. The zero-order chi connectivity index (χ0) is 18.0. The van der Waals surface area contributed by atoms with E-state index in [2.05, 4.69) is 78.6 Å². The van der Waals surface area contributed by atoms with Crippen LogP contribution in [-0.4, -0.2) is 46.0 Å². The number of hydrogen-bond donors (Lipinski definition) is 0. The molecule has 22 heavy (non-hydrogen) atoms. The molecule has 0 nitrogen and oxygen atoms in total. The lowest BCUT2D eigenvalue weighted by Gasteiger charge is -2.53. The van der Waals surface area contributed by atoms with Crippen LogP contribution in [0.3, 0.4) is 0 Å². The second-order valence-electron chi connectivity index (χ2n) is 11.2. The van der Waals surface area contributed by atoms with Crippen molar-refractivity contribution >= 4 is 46.0 Å². The van der Waals surface area contributed by atoms with Crippen molar-refractivity contribution in [3.63, 3.8) is 0 Å². The minimum absolute atomic E-state index is 0.0318. The van der Waals surface area contributed by atoms with Gasteiger partial charge in [0.25, 0.3) is 0 Å². The fraction of sp³-hybridized carbons (Fsp3) is 1.00. The molecule has 0 fully saturated rings. The topological polar surface area (TPSA) is 0 Å². The van der Waals surface area contributed by atoms with E-state index in [0.29, 0.717) is 0 Å². The summed E-state index contributed by atoms with van der Waals surface area (Å²) in [6.45, 7) is 31.8. The van der Waals surface area contributed by atoms with E-state index in [-0.39, 0.29) is 15.7 Å². The van der Waals surface area contributed by atoms with Gasteiger partial charge in [-0.2, -0.15) is 12.1 Å². The Kier molecular flexibility index (Phi) is 8.60. The highest BCUT2D eigenvalue weighted by Crippen LogP contribution is 2.26. The molecule has 0 radical (unpaired) electrons. The van der Waals surface area contributed by atoms with Crippen LogP contribution in [0.15, 0.2) is 0 Å². The minimum atomic E-state index is -0.883. The van der Waals surface area contributed by atoms with E-state index in [1.165, 1.54) is 0 Å². The van der Waals surface area contributed by atoms with Gasteiger partial charge in [0.1, 0.15) is 0 Å². The van der Waals surface area contributed by atoms with E-state index < -0.39 is 30.4 Å². The van der Waals surface area contributed by atoms with Crippen LogP contribution in [0.25, 0.3) is 0 Å². The Labute approximate surface area is 149 Å². The lowest BCUT2D eigenvalue weighted by atomic mass is 10.4. The van der Waals surface area contributed by atoms with E-state index >= 15 is 0 Å². The maximum absolute atomic E-state index is 2.65. The highest BCUT2D eigenvalue weighted by Gasteiger charge is 2.25. The molecule has 0 N–H and O–H groups in total. The third-order valence-electron chi connectivity index (χ3n) is 4.72. The SMILES string of the molecule is C[Si](C)(C)[Si-](CCCC[Si-]([Si](C)(C)C)[Si](C)(C)C)[Si](C)(C)C. The predicted molar refractivity (Wildman–Crippen MR) is 124 cm³/mol. The fourth-order valence-corrected chi connectivity index (χ4v) is 78.2. The average molecular weight is 405 g/mol. The normalized spacial score (nSPS) is 15.0. The Morgan fingerprint density at radius 2 is 0.591 bits per heavy atom. The van der Waals surface area contributed by atoms with Gasteiger partial charge in [0.15, 0.2) is 0 Å². The van der Waals surface area contributed by atoms with Crippen LogP contribution in [0.1, 0.15) is 12.8 Å². The molecule has 0 aromatic rings. The van der Waals surface area contributed by atoms with Crippen LogP contribution in [-0.2, 0) is 0 Å². The molecule has 0 aliphatic heterocycles. The first-order valence-corrected chi connectivity index (χ1v) is 30.6. The van der Waals surface area contributed by atoms with Crippen molar-refractivity contribution in [1.82, 2.24) is 0 Å². The van der Waals surface area contributed by atoms with E-state index in [1.807, 2.05) is 0 Å². The zero-order valence-electron chi connectivity index (χ0n) is 17.8. The van der Waals surface area contributed by atoms with Gasteiger partial charge in [-0.3, -0.25) is 15.7 Å². The Balaban J connectivity index is 4.63. The lowest BCUT2D eigenvalue weighted by Crippen LogP contribution is -2.59. The van der Waals surface area contributed by atoms with E-state index in [9.17, 15) is 0 Å². The minimum Gasteiger partial charge on any atom is -0.254 e. The Morgan fingerprint density at radius 1 is 0.409 bits per heavy atom. The van der Waals surface area contributed by atoms with E-state index in [0.717, 1.165) is 0 Å². The highest BCUT2D eigenvalue weighted by molar-refractivity contribution is 7.60.